The lowest BCUT2D eigenvalue weighted by Crippen LogP contribution is -2.04. The van der Waals surface area contributed by atoms with Gasteiger partial charge in [-0.1, -0.05) is 19.1 Å². The van der Waals surface area contributed by atoms with Crippen molar-refractivity contribution in [3.63, 3.8) is 0 Å². The predicted octanol–water partition coefficient (Wildman–Crippen LogP) is 2.80. The number of rotatable bonds is 5. The van der Waals surface area contributed by atoms with Crippen LogP contribution in [0.4, 0.5) is 0 Å². The van der Waals surface area contributed by atoms with Crippen molar-refractivity contribution in [2.45, 2.75) is 30.0 Å². The van der Waals surface area contributed by atoms with Crippen LogP contribution in [0.25, 0.3) is 0 Å². The van der Waals surface area contributed by atoms with Gasteiger partial charge in [-0.05, 0) is 31.2 Å². The van der Waals surface area contributed by atoms with Crippen LogP contribution in [0.15, 0.2) is 29.2 Å². The Morgan fingerprint density at radius 3 is 2.53 bits per heavy atom. The third-order valence-corrected chi connectivity index (χ3v) is 3.36. The van der Waals surface area contributed by atoms with Gasteiger partial charge in [0.2, 0.25) is 0 Å². The Morgan fingerprint density at radius 2 is 2.07 bits per heavy atom. The molecule has 1 aromatic carbocycles. The first-order valence-electron chi connectivity index (χ1n) is 5.10. The maximum atomic E-state index is 8.85. The average molecular weight is 220 g/mol. The van der Waals surface area contributed by atoms with E-state index in [9.17, 15) is 0 Å². The quantitative estimate of drug-likeness (QED) is 0.775. The molecule has 0 aliphatic rings. The number of nitrogens with zero attached hydrogens (tertiary/aromatic N) is 1. The van der Waals surface area contributed by atoms with Crippen molar-refractivity contribution in [3.05, 3.63) is 29.8 Å². The summed E-state index contributed by atoms with van der Waals surface area (Å²) in [7, 11) is 1.94. The van der Waals surface area contributed by atoms with Crippen LogP contribution < -0.4 is 5.32 Å². The molecule has 0 radical (unpaired) electrons. The number of benzene rings is 1. The molecule has 1 unspecified atom stereocenters. The molecule has 0 saturated carbocycles. The van der Waals surface area contributed by atoms with E-state index in [1.807, 2.05) is 14.0 Å². The zero-order valence-corrected chi connectivity index (χ0v) is 9.97. The normalized spacial score (nSPS) is 12.1. The molecule has 0 aliphatic heterocycles. The molecule has 0 bridgehead atoms. The van der Waals surface area contributed by atoms with E-state index in [4.69, 9.17) is 5.26 Å². The van der Waals surface area contributed by atoms with Gasteiger partial charge >= 0.3 is 0 Å². The van der Waals surface area contributed by atoms with Crippen molar-refractivity contribution >= 4 is 11.8 Å². The fourth-order valence-corrected chi connectivity index (χ4v) is 2.10. The summed E-state index contributed by atoms with van der Waals surface area (Å²) in [6.45, 7) is 2.93. The van der Waals surface area contributed by atoms with Crippen LogP contribution in [0, 0.1) is 11.3 Å². The third-order valence-electron chi connectivity index (χ3n) is 2.10. The van der Waals surface area contributed by atoms with Gasteiger partial charge in [0.05, 0.1) is 11.3 Å². The molecule has 0 amide bonds. The van der Waals surface area contributed by atoms with E-state index >= 15 is 0 Å². The van der Waals surface area contributed by atoms with Gasteiger partial charge in [0, 0.05) is 11.4 Å². The Hall–Kier alpha value is -0.980. The SMILES string of the molecule is CCC(C#N)Sc1ccc(CNC)cc1. The second-order valence-electron chi connectivity index (χ2n) is 3.32. The summed E-state index contributed by atoms with van der Waals surface area (Å²) in [5.41, 5.74) is 1.27. The molecule has 80 valence electrons. The zero-order chi connectivity index (χ0) is 11.1. The van der Waals surface area contributed by atoms with E-state index in [0.717, 1.165) is 13.0 Å². The lowest BCUT2D eigenvalue weighted by Gasteiger charge is -2.06. The highest BCUT2D eigenvalue weighted by Crippen LogP contribution is 2.24. The Morgan fingerprint density at radius 1 is 1.40 bits per heavy atom. The molecule has 0 fully saturated rings. The molecule has 0 aliphatic carbocycles. The highest BCUT2D eigenvalue weighted by molar-refractivity contribution is 8.00. The van der Waals surface area contributed by atoms with Crippen LogP contribution in [0.3, 0.4) is 0 Å². The topological polar surface area (TPSA) is 35.8 Å². The number of hydrogen-bond acceptors (Lipinski definition) is 3. The molecule has 0 heterocycles. The summed E-state index contributed by atoms with van der Waals surface area (Å²) in [4.78, 5) is 1.17. The summed E-state index contributed by atoms with van der Waals surface area (Å²) >= 11 is 1.63. The molecule has 0 spiro atoms. The van der Waals surface area contributed by atoms with Gasteiger partial charge in [0.15, 0.2) is 0 Å². The van der Waals surface area contributed by atoms with Crippen LogP contribution in [0.2, 0.25) is 0 Å². The molecule has 15 heavy (non-hydrogen) atoms. The summed E-state index contributed by atoms with van der Waals surface area (Å²) < 4.78 is 0. The van der Waals surface area contributed by atoms with E-state index < -0.39 is 0 Å². The maximum absolute atomic E-state index is 8.85. The smallest absolute Gasteiger partial charge is 0.0961 e. The highest BCUT2D eigenvalue weighted by Gasteiger charge is 2.05. The molecule has 2 nitrogen and oxygen atoms in total. The van der Waals surface area contributed by atoms with Crippen molar-refractivity contribution in [2.24, 2.45) is 0 Å². The molecule has 1 N–H and O–H groups in total. The standard InChI is InChI=1S/C12H16N2S/c1-3-11(8-13)15-12-6-4-10(5-7-12)9-14-2/h4-7,11,14H,3,9H2,1-2H3. The van der Waals surface area contributed by atoms with Crippen molar-refractivity contribution in [3.8, 4) is 6.07 Å². The van der Waals surface area contributed by atoms with Crippen LogP contribution in [-0.2, 0) is 6.54 Å². The summed E-state index contributed by atoms with van der Waals surface area (Å²) in [6, 6.07) is 10.7. The van der Waals surface area contributed by atoms with Crippen LogP contribution in [0.1, 0.15) is 18.9 Å². The number of thioether (sulfide) groups is 1. The Kier molecular flexibility index (Phi) is 5.23. The van der Waals surface area contributed by atoms with Gasteiger partial charge in [0.25, 0.3) is 0 Å². The molecular weight excluding hydrogens is 204 g/mol. The molecule has 1 rings (SSSR count). The lowest BCUT2D eigenvalue weighted by molar-refractivity contribution is 0.817. The first kappa shape index (κ1) is 12.1. The first-order chi connectivity index (χ1) is 7.30. The average Bonchev–Trinajstić information content (AvgIpc) is 2.28. The fraction of sp³-hybridized carbons (Fsp3) is 0.417. The number of nitriles is 1. The second kappa shape index (κ2) is 6.49. The molecule has 3 heteroatoms. The van der Waals surface area contributed by atoms with Crippen molar-refractivity contribution in [1.29, 1.82) is 5.26 Å². The minimum atomic E-state index is 0.0696. The van der Waals surface area contributed by atoms with Crippen molar-refractivity contribution in [2.75, 3.05) is 7.05 Å². The van der Waals surface area contributed by atoms with E-state index in [0.29, 0.717) is 0 Å². The summed E-state index contributed by atoms with van der Waals surface area (Å²) in [5, 5.41) is 12.0. The van der Waals surface area contributed by atoms with Gasteiger partial charge in [-0.25, -0.2) is 0 Å². The minimum Gasteiger partial charge on any atom is -0.316 e. The van der Waals surface area contributed by atoms with Gasteiger partial charge < -0.3 is 5.32 Å². The number of nitrogens with one attached hydrogen (secondary N) is 1. The monoisotopic (exact) mass is 220 g/mol. The van der Waals surface area contributed by atoms with Gasteiger partial charge in [-0.3, -0.25) is 0 Å². The Balaban J connectivity index is 2.60. The van der Waals surface area contributed by atoms with E-state index in [1.54, 1.807) is 11.8 Å². The fourth-order valence-electron chi connectivity index (χ4n) is 1.26. The van der Waals surface area contributed by atoms with Crippen molar-refractivity contribution < 1.29 is 0 Å². The number of hydrogen-bond donors (Lipinski definition) is 1. The van der Waals surface area contributed by atoms with E-state index in [-0.39, 0.29) is 5.25 Å². The summed E-state index contributed by atoms with van der Waals surface area (Å²) in [5.74, 6) is 0. The molecule has 1 aromatic rings. The molecule has 0 aromatic heterocycles. The van der Waals surface area contributed by atoms with Gasteiger partial charge in [-0.15, -0.1) is 11.8 Å². The maximum Gasteiger partial charge on any atom is 0.0961 e. The molecular formula is C12H16N2S. The van der Waals surface area contributed by atoms with E-state index in [1.165, 1.54) is 10.5 Å². The van der Waals surface area contributed by atoms with Crippen molar-refractivity contribution in [1.82, 2.24) is 5.32 Å². The third kappa shape index (κ3) is 3.94. The Labute approximate surface area is 95.7 Å². The Bertz CT molecular complexity index is 326. The predicted molar refractivity (Wildman–Crippen MR) is 64.8 cm³/mol. The highest BCUT2D eigenvalue weighted by atomic mass is 32.2. The van der Waals surface area contributed by atoms with E-state index in [2.05, 4.69) is 35.7 Å². The van der Waals surface area contributed by atoms with Crippen LogP contribution >= 0.6 is 11.8 Å². The molecule has 0 saturated heterocycles. The molecule has 1 atom stereocenters. The summed E-state index contributed by atoms with van der Waals surface area (Å²) in [6.07, 6.45) is 0.888. The lowest BCUT2D eigenvalue weighted by atomic mass is 10.2. The zero-order valence-electron chi connectivity index (χ0n) is 9.16. The largest absolute Gasteiger partial charge is 0.316 e. The van der Waals surface area contributed by atoms with Gasteiger partial charge in [-0.2, -0.15) is 5.26 Å². The van der Waals surface area contributed by atoms with Crippen LogP contribution in [0.5, 0.6) is 0 Å². The second-order valence-corrected chi connectivity index (χ2v) is 4.59. The van der Waals surface area contributed by atoms with Gasteiger partial charge in [0.1, 0.15) is 0 Å². The van der Waals surface area contributed by atoms with Crippen LogP contribution in [-0.4, -0.2) is 12.3 Å². The first-order valence-corrected chi connectivity index (χ1v) is 5.98. The minimum absolute atomic E-state index is 0.0696.